The van der Waals surface area contributed by atoms with Gasteiger partial charge in [0.25, 0.3) is 0 Å². The summed E-state index contributed by atoms with van der Waals surface area (Å²) in [5, 5.41) is 0.699. The van der Waals surface area contributed by atoms with Crippen molar-refractivity contribution in [2.75, 3.05) is 0 Å². The summed E-state index contributed by atoms with van der Waals surface area (Å²) in [6, 6.07) is 9.96. The lowest BCUT2D eigenvalue weighted by Crippen LogP contribution is -2.35. The minimum Gasteiger partial charge on any atom is -0.321 e. The van der Waals surface area contributed by atoms with Crippen molar-refractivity contribution >= 4 is 54.8 Å². The molecule has 0 saturated carbocycles. The van der Waals surface area contributed by atoms with Crippen LogP contribution in [-0.4, -0.2) is 0 Å². The molecular formula is C13H12Br2ClNS. The third-order valence-electron chi connectivity index (χ3n) is 2.72. The molecule has 1 heterocycles. The highest BCUT2D eigenvalue weighted by Crippen LogP contribution is 2.33. The summed E-state index contributed by atoms with van der Waals surface area (Å²) in [7, 11) is 0. The zero-order valence-electron chi connectivity index (χ0n) is 9.71. The van der Waals surface area contributed by atoms with E-state index < -0.39 is 5.54 Å². The maximum absolute atomic E-state index is 6.42. The van der Waals surface area contributed by atoms with Crippen molar-refractivity contribution in [1.29, 1.82) is 0 Å². The van der Waals surface area contributed by atoms with Gasteiger partial charge in [-0.1, -0.05) is 33.6 Å². The van der Waals surface area contributed by atoms with Crippen molar-refractivity contribution in [3.63, 3.8) is 0 Å². The zero-order chi connectivity index (χ0) is 13.3. The molecule has 1 aromatic heterocycles. The van der Waals surface area contributed by atoms with Gasteiger partial charge < -0.3 is 5.73 Å². The number of nitrogens with two attached hydrogens (primary N) is 1. The summed E-state index contributed by atoms with van der Waals surface area (Å²) in [6.07, 6.45) is 0.768. The van der Waals surface area contributed by atoms with Crippen LogP contribution in [-0.2, 0) is 12.0 Å². The summed E-state index contributed by atoms with van der Waals surface area (Å²) in [4.78, 5) is 1.24. The quantitative estimate of drug-likeness (QED) is 0.727. The van der Waals surface area contributed by atoms with E-state index in [1.54, 1.807) is 11.3 Å². The van der Waals surface area contributed by atoms with Gasteiger partial charge in [0.05, 0.1) is 3.79 Å². The van der Waals surface area contributed by atoms with Crippen molar-refractivity contribution in [3.05, 3.63) is 54.1 Å². The first kappa shape index (κ1) is 14.5. The predicted octanol–water partition coefficient (Wildman–Crippen LogP) is 5.34. The Bertz CT molecular complexity index is 566. The van der Waals surface area contributed by atoms with Gasteiger partial charge in [-0.2, -0.15) is 0 Å². The Morgan fingerprint density at radius 2 is 2.00 bits per heavy atom. The summed E-state index contributed by atoms with van der Waals surface area (Å²) in [5.41, 5.74) is 6.92. The minimum absolute atomic E-state index is 0.470. The molecule has 18 heavy (non-hydrogen) atoms. The monoisotopic (exact) mass is 407 g/mol. The van der Waals surface area contributed by atoms with Crippen molar-refractivity contribution in [3.8, 4) is 0 Å². The van der Waals surface area contributed by atoms with Crippen molar-refractivity contribution < 1.29 is 0 Å². The highest BCUT2D eigenvalue weighted by Gasteiger charge is 2.25. The number of thiophene rings is 1. The molecule has 96 valence electrons. The Labute approximate surface area is 133 Å². The van der Waals surface area contributed by atoms with E-state index in [2.05, 4.69) is 37.9 Å². The SMILES string of the molecule is CC(N)(Cc1ccc(Br)s1)c1ccc(Br)cc1Cl. The van der Waals surface area contributed by atoms with E-state index in [4.69, 9.17) is 17.3 Å². The van der Waals surface area contributed by atoms with Gasteiger partial charge in [0.15, 0.2) is 0 Å². The maximum atomic E-state index is 6.42. The molecule has 0 spiro atoms. The van der Waals surface area contributed by atoms with Crippen LogP contribution < -0.4 is 5.73 Å². The van der Waals surface area contributed by atoms with Gasteiger partial charge in [-0.3, -0.25) is 0 Å². The molecule has 2 N–H and O–H groups in total. The van der Waals surface area contributed by atoms with Crippen LogP contribution in [0.4, 0.5) is 0 Å². The highest BCUT2D eigenvalue weighted by molar-refractivity contribution is 9.11. The zero-order valence-corrected chi connectivity index (χ0v) is 14.5. The van der Waals surface area contributed by atoms with E-state index in [0.29, 0.717) is 5.02 Å². The van der Waals surface area contributed by atoms with E-state index in [1.807, 2.05) is 31.2 Å². The van der Waals surface area contributed by atoms with Gasteiger partial charge in [-0.15, -0.1) is 11.3 Å². The van der Waals surface area contributed by atoms with Crippen LogP contribution in [0.1, 0.15) is 17.4 Å². The van der Waals surface area contributed by atoms with E-state index in [9.17, 15) is 0 Å². The van der Waals surface area contributed by atoms with Gasteiger partial charge in [0.1, 0.15) is 0 Å². The van der Waals surface area contributed by atoms with Gasteiger partial charge in [-0.25, -0.2) is 0 Å². The molecule has 0 aliphatic rings. The smallest absolute Gasteiger partial charge is 0.0701 e. The molecule has 0 aliphatic heterocycles. The van der Waals surface area contributed by atoms with Crippen LogP contribution in [0.5, 0.6) is 0 Å². The van der Waals surface area contributed by atoms with Crippen molar-refractivity contribution in [2.24, 2.45) is 5.73 Å². The Morgan fingerprint density at radius 3 is 2.56 bits per heavy atom. The molecule has 2 aromatic rings. The van der Waals surface area contributed by atoms with E-state index in [1.165, 1.54) is 4.88 Å². The lowest BCUT2D eigenvalue weighted by Gasteiger charge is -2.26. The second kappa shape index (κ2) is 5.63. The number of halogens is 3. The summed E-state index contributed by atoms with van der Waals surface area (Å²) < 4.78 is 2.08. The molecule has 2 rings (SSSR count). The fourth-order valence-corrected chi connectivity index (χ4v) is 4.40. The molecule has 5 heteroatoms. The lowest BCUT2D eigenvalue weighted by atomic mass is 9.89. The molecule has 0 aliphatic carbocycles. The number of hydrogen-bond donors (Lipinski definition) is 1. The number of hydrogen-bond acceptors (Lipinski definition) is 2. The van der Waals surface area contributed by atoms with Crippen molar-refractivity contribution in [1.82, 2.24) is 0 Å². The number of benzene rings is 1. The summed E-state index contributed by atoms with van der Waals surface area (Å²) in [6.45, 7) is 2.01. The Kier molecular flexibility index (Phi) is 4.55. The normalized spacial score (nSPS) is 14.5. The second-order valence-corrected chi connectivity index (χ2v) is 8.29. The largest absolute Gasteiger partial charge is 0.321 e. The fraction of sp³-hybridized carbons (Fsp3) is 0.231. The minimum atomic E-state index is -0.470. The van der Waals surface area contributed by atoms with Gasteiger partial charge >= 0.3 is 0 Å². The maximum Gasteiger partial charge on any atom is 0.0701 e. The highest BCUT2D eigenvalue weighted by atomic mass is 79.9. The number of rotatable bonds is 3. The topological polar surface area (TPSA) is 26.0 Å². The van der Waals surface area contributed by atoms with Crippen LogP contribution in [0.3, 0.4) is 0 Å². The second-order valence-electron chi connectivity index (χ2n) is 4.42. The molecule has 0 bridgehead atoms. The third-order valence-corrected chi connectivity index (χ3v) is 5.15. The average molecular weight is 410 g/mol. The molecule has 0 radical (unpaired) electrons. The molecule has 1 unspecified atom stereocenters. The van der Waals surface area contributed by atoms with E-state index >= 15 is 0 Å². The molecule has 0 saturated heterocycles. The standard InChI is InChI=1S/C13H12Br2ClNS/c1-13(17,7-9-3-5-12(15)18-9)10-4-2-8(14)6-11(10)16/h2-6H,7,17H2,1H3. The lowest BCUT2D eigenvalue weighted by molar-refractivity contribution is 0.495. The first-order valence-corrected chi connectivity index (χ1v) is 8.15. The van der Waals surface area contributed by atoms with Crippen LogP contribution in [0.15, 0.2) is 38.6 Å². The summed E-state index contributed by atoms with van der Waals surface area (Å²) in [5.74, 6) is 0. The predicted molar refractivity (Wildman–Crippen MR) is 86.4 cm³/mol. The van der Waals surface area contributed by atoms with Gasteiger partial charge in [-0.05, 0) is 52.7 Å². The van der Waals surface area contributed by atoms with Crippen LogP contribution in [0.25, 0.3) is 0 Å². The molecule has 1 nitrogen and oxygen atoms in total. The average Bonchev–Trinajstić information content (AvgIpc) is 2.62. The third kappa shape index (κ3) is 3.36. The molecule has 0 amide bonds. The van der Waals surface area contributed by atoms with Gasteiger partial charge in [0.2, 0.25) is 0 Å². The Hall–Kier alpha value is 0.130. The first-order valence-electron chi connectivity index (χ1n) is 5.37. The Morgan fingerprint density at radius 1 is 1.28 bits per heavy atom. The van der Waals surface area contributed by atoms with Gasteiger partial charge in [0, 0.05) is 26.3 Å². The molecular weight excluding hydrogens is 397 g/mol. The fourth-order valence-electron chi connectivity index (χ4n) is 1.86. The first-order chi connectivity index (χ1) is 8.38. The van der Waals surface area contributed by atoms with Crippen molar-refractivity contribution in [2.45, 2.75) is 18.9 Å². The summed E-state index contributed by atoms with van der Waals surface area (Å²) >= 11 is 14.8. The Balaban J connectivity index is 2.29. The van der Waals surface area contributed by atoms with Crippen LogP contribution in [0, 0.1) is 0 Å². The molecule has 0 fully saturated rings. The molecule has 1 aromatic carbocycles. The van der Waals surface area contributed by atoms with E-state index in [0.717, 1.165) is 20.2 Å². The van der Waals surface area contributed by atoms with Crippen LogP contribution >= 0.6 is 54.8 Å². The molecule has 1 atom stereocenters. The van der Waals surface area contributed by atoms with E-state index in [-0.39, 0.29) is 0 Å². The van der Waals surface area contributed by atoms with Crippen LogP contribution in [0.2, 0.25) is 5.02 Å².